The Hall–Kier alpha value is -2.86. The topological polar surface area (TPSA) is 0 Å². The SMILES string of the molecule is CC(C)c1ccc2c(-c3ccccc3)cc(-c3ccccc3)cc2c1. The summed E-state index contributed by atoms with van der Waals surface area (Å²) in [5, 5.41) is 2.63. The Labute approximate surface area is 149 Å². The summed E-state index contributed by atoms with van der Waals surface area (Å²) in [5.41, 5.74) is 6.48. The van der Waals surface area contributed by atoms with Crippen molar-refractivity contribution >= 4 is 10.8 Å². The summed E-state index contributed by atoms with van der Waals surface area (Å²) in [7, 11) is 0. The third-order valence-electron chi connectivity index (χ3n) is 4.84. The maximum atomic E-state index is 2.35. The zero-order valence-electron chi connectivity index (χ0n) is 14.7. The second-order valence-electron chi connectivity index (χ2n) is 6.89. The molecule has 0 heteroatoms. The number of rotatable bonds is 3. The van der Waals surface area contributed by atoms with Gasteiger partial charge in [-0.15, -0.1) is 0 Å². The summed E-state index contributed by atoms with van der Waals surface area (Å²) in [5.74, 6) is 0.532. The fraction of sp³-hybridized carbons (Fsp3) is 0.120. The van der Waals surface area contributed by atoms with Crippen molar-refractivity contribution in [2.75, 3.05) is 0 Å². The number of benzene rings is 4. The first-order chi connectivity index (χ1) is 12.2. The van der Waals surface area contributed by atoms with E-state index in [1.54, 1.807) is 0 Å². The average Bonchev–Trinajstić information content (AvgIpc) is 2.68. The molecule has 0 atom stereocenters. The lowest BCUT2D eigenvalue weighted by Crippen LogP contribution is -1.90. The molecule has 0 spiro atoms. The largest absolute Gasteiger partial charge is 0.0622 e. The van der Waals surface area contributed by atoms with Gasteiger partial charge in [0.1, 0.15) is 0 Å². The Morgan fingerprint density at radius 2 is 1.20 bits per heavy atom. The summed E-state index contributed by atoms with van der Waals surface area (Å²) in [6.07, 6.45) is 0. The second-order valence-corrected chi connectivity index (χ2v) is 6.89. The first kappa shape index (κ1) is 15.7. The minimum atomic E-state index is 0.532. The molecule has 0 radical (unpaired) electrons. The molecule has 0 amide bonds. The molecule has 25 heavy (non-hydrogen) atoms. The van der Waals surface area contributed by atoms with Crippen LogP contribution in [0.3, 0.4) is 0 Å². The summed E-state index contributed by atoms with van der Waals surface area (Å²) in [4.78, 5) is 0. The molecule has 0 saturated carbocycles. The van der Waals surface area contributed by atoms with Crippen molar-refractivity contribution in [3.63, 3.8) is 0 Å². The van der Waals surface area contributed by atoms with Crippen LogP contribution in [0.2, 0.25) is 0 Å². The van der Waals surface area contributed by atoms with Crippen LogP contribution < -0.4 is 0 Å². The van der Waals surface area contributed by atoms with E-state index in [1.807, 2.05) is 0 Å². The highest BCUT2D eigenvalue weighted by atomic mass is 14.1. The molecule has 122 valence electrons. The zero-order valence-corrected chi connectivity index (χ0v) is 14.7. The van der Waals surface area contributed by atoms with Gasteiger partial charge in [-0.2, -0.15) is 0 Å². The molecule has 0 aliphatic carbocycles. The third-order valence-corrected chi connectivity index (χ3v) is 4.84. The van der Waals surface area contributed by atoms with Crippen LogP contribution in [-0.4, -0.2) is 0 Å². The predicted molar refractivity (Wildman–Crippen MR) is 109 cm³/mol. The molecule has 4 aromatic carbocycles. The van der Waals surface area contributed by atoms with Crippen molar-refractivity contribution < 1.29 is 0 Å². The van der Waals surface area contributed by atoms with Crippen LogP contribution in [0.15, 0.2) is 91.0 Å². The second kappa shape index (κ2) is 6.57. The maximum absolute atomic E-state index is 2.35. The maximum Gasteiger partial charge on any atom is -0.00992 e. The summed E-state index contributed by atoms with van der Waals surface area (Å²) in [6, 6.07) is 32.9. The molecule has 0 aromatic heterocycles. The smallest absolute Gasteiger partial charge is 0.00992 e. The number of hydrogen-bond acceptors (Lipinski definition) is 0. The van der Waals surface area contributed by atoms with Gasteiger partial charge in [-0.3, -0.25) is 0 Å². The van der Waals surface area contributed by atoms with E-state index in [9.17, 15) is 0 Å². The molecule has 0 unspecified atom stereocenters. The van der Waals surface area contributed by atoms with Gasteiger partial charge in [-0.05, 0) is 56.6 Å². The highest BCUT2D eigenvalue weighted by Crippen LogP contribution is 2.35. The quantitative estimate of drug-likeness (QED) is 0.371. The van der Waals surface area contributed by atoms with Crippen LogP contribution in [-0.2, 0) is 0 Å². The van der Waals surface area contributed by atoms with E-state index in [1.165, 1.54) is 38.6 Å². The van der Waals surface area contributed by atoms with Gasteiger partial charge in [-0.25, -0.2) is 0 Å². The van der Waals surface area contributed by atoms with Crippen LogP contribution in [0.5, 0.6) is 0 Å². The van der Waals surface area contributed by atoms with E-state index in [0.29, 0.717) is 5.92 Å². The minimum absolute atomic E-state index is 0.532. The molecular formula is C25H22. The van der Waals surface area contributed by atoms with Gasteiger partial charge in [0.05, 0.1) is 0 Å². The van der Waals surface area contributed by atoms with Gasteiger partial charge in [0.25, 0.3) is 0 Å². The first-order valence-electron chi connectivity index (χ1n) is 8.91. The Morgan fingerprint density at radius 3 is 1.84 bits per heavy atom. The van der Waals surface area contributed by atoms with Gasteiger partial charge in [0, 0.05) is 0 Å². The van der Waals surface area contributed by atoms with E-state index >= 15 is 0 Å². The normalized spacial score (nSPS) is 11.2. The molecule has 0 saturated heterocycles. The first-order valence-corrected chi connectivity index (χ1v) is 8.91. The van der Waals surface area contributed by atoms with Crippen LogP contribution in [0, 0.1) is 0 Å². The zero-order chi connectivity index (χ0) is 17.2. The summed E-state index contributed by atoms with van der Waals surface area (Å²) >= 11 is 0. The van der Waals surface area contributed by atoms with Gasteiger partial charge in [0.15, 0.2) is 0 Å². The van der Waals surface area contributed by atoms with E-state index in [-0.39, 0.29) is 0 Å². The van der Waals surface area contributed by atoms with E-state index in [2.05, 4.69) is 105 Å². The van der Waals surface area contributed by atoms with Crippen molar-refractivity contribution in [2.24, 2.45) is 0 Å². The monoisotopic (exact) mass is 322 g/mol. The number of hydrogen-bond donors (Lipinski definition) is 0. The molecule has 4 rings (SSSR count). The molecule has 0 heterocycles. The summed E-state index contributed by atoms with van der Waals surface area (Å²) in [6.45, 7) is 4.50. The van der Waals surface area contributed by atoms with E-state index in [0.717, 1.165) is 0 Å². The molecule has 0 aliphatic rings. The van der Waals surface area contributed by atoms with Crippen LogP contribution >= 0.6 is 0 Å². The van der Waals surface area contributed by atoms with E-state index in [4.69, 9.17) is 0 Å². The van der Waals surface area contributed by atoms with E-state index < -0.39 is 0 Å². The molecule has 0 N–H and O–H groups in total. The predicted octanol–water partition coefficient (Wildman–Crippen LogP) is 7.30. The van der Waals surface area contributed by atoms with Crippen LogP contribution in [0.1, 0.15) is 25.3 Å². The fourth-order valence-corrected chi connectivity index (χ4v) is 3.40. The Bertz CT molecular complexity index is 996. The van der Waals surface area contributed by atoms with Crippen LogP contribution in [0.4, 0.5) is 0 Å². The standard InChI is InChI=1S/C25H22/c1-18(2)21-13-14-24-23(15-21)16-22(19-9-5-3-6-10-19)17-25(24)20-11-7-4-8-12-20/h3-18H,1-2H3. The van der Waals surface area contributed by atoms with Crippen molar-refractivity contribution in [2.45, 2.75) is 19.8 Å². The molecule has 0 fully saturated rings. The lowest BCUT2D eigenvalue weighted by molar-refractivity contribution is 0.869. The van der Waals surface area contributed by atoms with Crippen LogP contribution in [0.25, 0.3) is 33.0 Å². The molecule has 0 bridgehead atoms. The lowest BCUT2D eigenvalue weighted by Gasteiger charge is -2.14. The molecule has 0 aliphatic heterocycles. The van der Waals surface area contributed by atoms with Crippen molar-refractivity contribution in [1.82, 2.24) is 0 Å². The number of fused-ring (bicyclic) bond motifs is 1. The van der Waals surface area contributed by atoms with Gasteiger partial charge in [-0.1, -0.05) is 92.7 Å². The van der Waals surface area contributed by atoms with Gasteiger partial charge in [0.2, 0.25) is 0 Å². The van der Waals surface area contributed by atoms with Crippen molar-refractivity contribution in [3.05, 3.63) is 96.6 Å². The Morgan fingerprint density at radius 1 is 0.560 bits per heavy atom. The fourth-order valence-electron chi connectivity index (χ4n) is 3.40. The average molecular weight is 322 g/mol. The Kier molecular flexibility index (Phi) is 4.11. The Balaban J connectivity index is 2.01. The van der Waals surface area contributed by atoms with Crippen molar-refractivity contribution in [1.29, 1.82) is 0 Å². The molecular weight excluding hydrogens is 300 g/mol. The molecule has 0 nitrogen and oxygen atoms in total. The van der Waals surface area contributed by atoms with Gasteiger partial charge >= 0.3 is 0 Å². The summed E-state index contributed by atoms with van der Waals surface area (Å²) < 4.78 is 0. The minimum Gasteiger partial charge on any atom is -0.0622 e. The molecule has 4 aromatic rings. The van der Waals surface area contributed by atoms with Gasteiger partial charge < -0.3 is 0 Å². The third kappa shape index (κ3) is 3.08. The highest BCUT2D eigenvalue weighted by molar-refractivity contribution is 6.00. The highest BCUT2D eigenvalue weighted by Gasteiger charge is 2.09. The van der Waals surface area contributed by atoms with Crippen molar-refractivity contribution in [3.8, 4) is 22.3 Å². The lowest BCUT2D eigenvalue weighted by atomic mass is 9.91.